The quantitative estimate of drug-likeness (QED) is 0.875. The van der Waals surface area contributed by atoms with Gasteiger partial charge in [0.1, 0.15) is 5.75 Å². The highest BCUT2D eigenvalue weighted by Gasteiger charge is 2.17. The van der Waals surface area contributed by atoms with Crippen LogP contribution >= 0.6 is 12.4 Å². The van der Waals surface area contributed by atoms with Gasteiger partial charge in [-0.15, -0.1) is 12.4 Å². The van der Waals surface area contributed by atoms with Crippen LogP contribution in [0.3, 0.4) is 0 Å². The second-order valence-corrected chi connectivity index (χ2v) is 3.94. The lowest BCUT2D eigenvalue weighted by Crippen LogP contribution is -2.39. The van der Waals surface area contributed by atoms with E-state index in [2.05, 4.69) is 10.1 Å². The van der Waals surface area contributed by atoms with Crippen molar-refractivity contribution in [2.24, 2.45) is 5.73 Å². The van der Waals surface area contributed by atoms with Crippen LogP contribution in [0.2, 0.25) is 0 Å². The zero-order chi connectivity index (χ0) is 13.7. The van der Waals surface area contributed by atoms with Crippen molar-refractivity contribution in [2.75, 3.05) is 0 Å². The summed E-state index contributed by atoms with van der Waals surface area (Å²) in [4.78, 5) is 11.4. The van der Waals surface area contributed by atoms with Gasteiger partial charge in [-0.25, -0.2) is 0 Å². The second kappa shape index (κ2) is 7.91. The van der Waals surface area contributed by atoms with E-state index >= 15 is 0 Å². The molecule has 1 aromatic carbocycles. The maximum absolute atomic E-state index is 12.2. The Kier molecular flexibility index (Phi) is 7.33. The van der Waals surface area contributed by atoms with Crippen LogP contribution in [0.1, 0.15) is 25.5 Å². The number of hydrogen-bond donors (Lipinski definition) is 2. The molecule has 0 bridgehead atoms. The van der Waals surface area contributed by atoms with Gasteiger partial charge in [0.25, 0.3) is 0 Å². The molecule has 2 unspecified atom stereocenters. The SMILES string of the molecule is CC(N)C(=O)NC(C)c1ccccc1OC(F)F.Cl. The van der Waals surface area contributed by atoms with E-state index in [0.29, 0.717) is 5.56 Å². The monoisotopic (exact) mass is 294 g/mol. The molecular formula is C12H17ClF2N2O2. The Morgan fingerprint density at radius 3 is 2.42 bits per heavy atom. The van der Waals surface area contributed by atoms with Crippen molar-refractivity contribution in [1.29, 1.82) is 0 Å². The minimum Gasteiger partial charge on any atom is -0.434 e. The zero-order valence-corrected chi connectivity index (χ0v) is 11.4. The number of carbonyl (C=O) groups excluding carboxylic acids is 1. The van der Waals surface area contributed by atoms with Crippen LogP contribution in [0.25, 0.3) is 0 Å². The molecular weight excluding hydrogens is 278 g/mol. The summed E-state index contributed by atoms with van der Waals surface area (Å²) >= 11 is 0. The fourth-order valence-electron chi connectivity index (χ4n) is 1.46. The van der Waals surface area contributed by atoms with E-state index in [1.807, 2.05) is 0 Å². The van der Waals surface area contributed by atoms with Gasteiger partial charge in [0.05, 0.1) is 12.1 Å². The molecule has 1 rings (SSSR count). The van der Waals surface area contributed by atoms with Gasteiger partial charge in [-0.3, -0.25) is 4.79 Å². The fourth-order valence-corrected chi connectivity index (χ4v) is 1.46. The number of benzene rings is 1. The number of alkyl halides is 2. The van der Waals surface area contributed by atoms with Gasteiger partial charge in [0.15, 0.2) is 0 Å². The molecule has 0 heterocycles. The molecule has 0 fully saturated rings. The van der Waals surface area contributed by atoms with E-state index in [9.17, 15) is 13.6 Å². The molecule has 0 aliphatic heterocycles. The molecule has 0 saturated heterocycles. The first-order valence-corrected chi connectivity index (χ1v) is 5.51. The zero-order valence-electron chi connectivity index (χ0n) is 10.6. The van der Waals surface area contributed by atoms with Crippen LogP contribution < -0.4 is 15.8 Å². The molecule has 0 radical (unpaired) electrons. The lowest BCUT2D eigenvalue weighted by molar-refractivity contribution is -0.122. The Morgan fingerprint density at radius 1 is 1.32 bits per heavy atom. The van der Waals surface area contributed by atoms with E-state index in [0.717, 1.165) is 0 Å². The van der Waals surface area contributed by atoms with Crippen molar-refractivity contribution in [3.8, 4) is 5.75 Å². The number of para-hydroxylation sites is 1. The molecule has 19 heavy (non-hydrogen) atoms. The number of nitrogens with one attached hydrogen (secondary N) is 1. The molecule has 0 aliphatic carbocycles. The van der Waals surface area contributed by atoms with Crippen molar-refractivity contribution in [3.63, 3.8) is 0 Å². The predicted octanol–water partition coefficient (Wildman–Crippen LogP) is 2.23. The smallest absolute Gasteiger partial charge is 0.387 e. The number of hydrogen-bond acceptors (Lipinski definition) is 3. The molecule has 4 nitrogen and oxygen atoms in total. The van der Waals surface area contributed by atoms with Crippen LogP contribution in [-0.2, 0) is 4.79 Å². The van der Waals surface area contributed by atoms with Crippen molar-refractivity contribution in [2.45, 2.75) is 32.5 Å². The number of nitrogens with two attached hydrogens (primary N) is 1. The lowest BCUT2D eigenvalue weighted by Gasteiger charge is -2.19. The standard InChI is InChI=1S/C12H16F2N2O2.ClH/c1-7(15)11(17)16-8(2)9-5-3-4-6-10(9)18-12(13)14;/h3-8,12H,15H2,1-2H3,(H,16,17);1H. The fraction of sp³-hybridized carbons (Fsp3) is 0.417. The van der Waals surface area contributed by atoms with E-state index in [1.54, 1.807) is 32.0 Å². The average Bonchev–Trinajstić information content (AvgIpc) is 2.28. The number of halogens is 3. The van der Waals surface area contributed by atoms with Crippen molar-refractivity contribution in [3.05, 3.63) is 29.8 Å². The van der Waals surface area contributed by atoms with Crippen LogP contribution in [0.5, 0.6) is 5.75 Å². The summed E-state index contributed by atoms with van der Waals surface area (Å²) < 4.78 is 28.8. The summed E-state index contributed by atoms with van der Waals surface area (Å²) in [5.74, 6) is -0.306. The Labute approximate surface area is 116 Å². The van der Waals surface area contributed by atoms with Gasteiger partial charge in [-0.1, -0.05) is 18.2 Å². The third kappa shape index (κ3) is 5.40. The topological polar surface area (TPSA) is 64.4 Å². The average molecular weight is 295 g/mol. The second-order valence-electron chi connectivity index (χ2n) is 3.94. The molecule has 1 aromatic rings. The van der Waals surface area contributed by atoms with Gasteiger partial charge in [-0.2, -0.15) is 8.78 Å². The van der Waals surface area contributed by atoms with Crippen molar-refractivity contribution >= 4 is 18.3 Å². The highest BCUT2D eigenvalue weighted by atomic mass is 35.5. The Morgan fingerprint density at radius 2 is 1.89 bits per heavy atom. The first kappa shape index (κ1) is 17.6. The van der Waals surface area contributed by atoms with Crippen LogP contribution in [0.4, 0.5) is 8.78 Å². The summed E-state index contributed by atoms with van der Waals surface area (Å²) in [5, 5.41) is 2.62. The van der Waals surface area contributed by atoms with Crippen molar-refractivity contribution < 1.29 is 18.3 Å². The third-order valence-corrected chi connectivity index (χ3v) is 2.37. The van der Waals surface area contributed by atoms with Gasteiger partial charge in [-0.05, 0) is 19.9 Å². The van der Waals surface area contributed by atoms with Crippen LogP contribution in [-0.4, -0.2) is 18.6 Å². The van der Waals surface area contributed by atoms with E-state index < -0.39 is 18.7 Å². The molecule has 2 atom stereocenters. The van der Waals surface area contributed by atoms with Gasteiger partial charge in [0, 0.05) is 5.56 Å². The first-order valence-electron chi connectivity index (χ1n) is 5.51. The van der Waals surface area contributed by atoms with Crippen LogP contribution in [0.15, 0.2) is 24.3 Å². The van der Waals surface area contributed by atoms with Crippen LogP contribution in [0, 0.1) is 0 Å². The summed E-state index contributed by atoms with van der Waals surface area (Å²) in [6, 6.07) is 5.19. The summed E-state index contributed by atoms with van der Waals surface area (Å²) in [5.41, 5.74) is 5.90. The number of carbonyl (C=O) groups is 1. The molecule has 0 saturated carbocycles. The Balaban J connectivity index is 0.00000324. The summed E-state index contributed by atoms with van der Waals surface area (Å²) in [6.07, 6.45) is 0. The van der Waals surface area contributed by atoms with Gasteiger partial charge < -0.3 is 15.8 Å². The highest BCUT2D eigenvalue weighted by molar-refractivity contribution is 5.85. The minimum atomic E-state index is -2.90. The van der Waals surface area contributed by atoms with E-state index in [1.165, 1.54) is 6.07 Å². The molecule has 0 aromatic heterocycles. The number of amides is 1. The number of ether oxygens (including phenoxy) is 1. The van der Waals surface area contributed by atoms with Gasteiger partial charge in [0.2, 0.25) is 5.91 Å². The molecule has 3 N–H and O–H groups in total. The summed E-state index contributed by atoms with van der Waals surface area (Å²) in [6.45, 7) is 0.319. The first-order chi connectivity index (χ1) is 8.41. The Hall–Kier alpha value is -1.40. The van der Waals surface area contributed by atoms with E-state index in [4.69, 9.17) is 5.73 Å². The largest absolute Gasteiger partial charge is 0.434 e. The normalized spacial score (nSPS) is 13.4. The maximum Gasteiger partial charge on any atom is 0.387 e. The minimum absolute atomic E-state index is 0. The molecule has 7 heteroatoms. The van der Waals surface area contributed by atoms with E-state index in [-0.39, 0.29) is 24.1 Å². The van der Waals surface area contributed by atoms with Gasteiger partial charge >= 0.3 is 6.61 Å². The van der Waals surface area contributed by atoms with Crippen molar-refractivity contribution in [1.82, 2.24) is 5.32 Å². The molecule has 0 aliphatic rings. The molecule has 1 amide bonds. The Bertz CT molecular complexity index is 416. The molecule has 0 spiro atoms. The number of rotatable bonds is 5. The predicted molar refractivity (Wildman–Crippen MR) is 70.5 cm³/mol. The lowest BCUT2D eigenvalue weighted by atomic mass is 10.1. The summed E-state index contributed by atoms with van der Waals surface area (Å²) in [7, 11) is 0. The maximum atomic E-state index is 12.2. The molecule has 108 valence electrons. The highest BCUT2D eigenvalue weighted by Crippen LogP contribution is 2.26. The third-order valence-electron chi connectivity index (χ3n) is 2.37.